The van der Waals surface area contributed by atoms with Gasteiger partial charge in [-0.3, -0.25) is 4.90 Å². The summed E-state index contributed by atoms with van der Waals surface area (Å²) in [7, 11) is 0. The first kappa shape index (κ1) is 12.5. The summed E-state index contributed by atoms with van der Waals surface area (Å²) in [5, 5.41) is 3.41. The van der Waals surface area contributed by atoms with Gasteiger partial charge in [0.1, 0.15) is 0 Å². The van der Waals surface area contributed by atoms with Crippen LogP contribution in [-0.2, 0) is 0 Å². The molecule has 12 heavy (non-hydrogen) atoms. The smallest absolute Gasteiger partial charge is 0.0195 e. The second-order valence-electron chi connectivity index (χ2n) is 3.52. The third-order valence-corrected chi connectivity index (χ3v) is 2.57. The Morgan fingerprint density at radius 3 is 2.42 bits per heavy atom. The van der Waals surface area contributed by atoms with Crippen LogP contribution in [0.2, 0.25) is 0 Å². The number of hydrogen-bond acceptors (Lipinski definition) is 2. The largest absolute Gasteiger partial charge is 0.314 e. The van der Waals surface area contributed by atoms with Gasteiger partial charge in [-0.25, -0.2) is 0 Å². The van der Waals surface area contributed by atoms with E-state index in [9.17, 15) is 0 Å². The van der Waals surface area contributed by atoms with E-state index < -0.39 is 0 Å². The highest BCUT2D eigenvalue weighted by Gasteiger charge is 2.32. The van der Waals surface area contributed by atoms with Crippen molar-refractivity contribution >= 4 is 24.8 Å². The summed E-state index contributed by atoms with van der Waals surface area (Å²) in [5.74, 6) is 0. The molecule has 0 aromatic rings. The van der Waals surface area contributed by atoms with Gasteiger partial charge < -0.3 is 5.32 Å². The van der Waals surface area contributed by atoms with Crippen molar-refractivity contribution in [2.45, 2.75) is 31.8 Å². The van der Waals surface area contributed by atoms with Crippen LogP contribution in [0.15, 0.2) is 0 Å². The van der Waals surface area contributed by atoms with Gasteiger partial charge in [-0.15, -0.1) is 24.8 Å². The van der Waals surface area contributed by atoms with Crippen molar-refractivity contribution in [3.05, 3.63) is 0 Å². The molecule has 4 heteroatoms. The fourth-order valence-electron chi connectivity index (χ4n) is 1.81. The van der Waals surface area contributed by atoms with E-state index in [-0.39, 0.29) is 24.8 Å². The van der Waals surface area contributed by atoms with Crippen LogP contribution < -0.4 is 5.32 Å². The Kier molecular flexibility index (Phi) is 5.50. The molecular weight excluding hydrogens is 195 g/mol. The molecule has 2 aliphatic rings. The Bertz CT molecular complexity index is 128. The molecule has 1 saturated heterocycles. The summed E-state index contributed by atoms with van der Waals surface area (Å²) in [4.78, 5) is 2.65. The van der Waals surface area contributed by atoms with E-state index >= 15 is 0 Å². The number of rotatable bonds is 1. The normalized spacial score (nSPS) is 30.2. The molecular formula is C8H18Cl2N2. The first-order chi connectivity index (χ1) is 4.88. The van der Waals surface area contributed by atoms with Crippen molar-refractivity contribution in [1.82, 2.24) is 10.2 Å². The van der Waals surface area contributed by atoms with Crippen LogP contribution in [0.4, 0.5) is 0 Å². The highest BCUT2D eigenvalue weighted by atomic mass is 35.5. The Morgan fingerprint density at radius 1 is 1.25 bits per heavy atom. The van der Waals surface area contributed by atoms with Crippen LogP contribution in [0.1, 0.15) is 19.8 Å². The molecule has 2 nitrogen and oxygen atoms in total. The number of nitrogens with one attached hydrogen (secondary N) is 1. The van der Waals surface area contributed by atoms with Crippen molar-refractivity contribution in [3.63, 3.8) is 0 Å². The van der Waals surface area contributed by atoms with Crippen LogP contribution >= 0.6 is 24.8 Å². The van der Waals surface area contributed by atoms with E-state index in [1.165, 1.54) is 32.5 Å². The quantitative estimate of drug-likeness (QED) is 0.706. The molecule has 1 atom stereocenters. The van der Waals surface area contributed by atoms with Crippen molar-refractivity contribution in [2.24, 2.45) is 0 Å². The van der Waals surface area contributed by atoms with Crippen molar-refractivity contribution in [2.75, 3.05) is 19.6 Å². The van der Waals surface area contributed by atoms with Crippen molar-refractivity contribution < 1.29 is 0 Å². The summed E-state index contributed by atoms with van der Waals surface area (Å²) >= 11 is 0. The molecule has 1 heterocycles. The molecule has 0 radical (unpaired) electrons. The van der Waals surface area contributed by atoms with E-state index in [2.05, 4.69) is 17.1 Å². The minimum atomic E-state index is 0. The number of hydrogen-bond donors (Lipinski definition) is 1. The predicted octanol–water partition coefficient (Wildman–Crippen LogP) is 1.29. The SMILES string of the molecule is C[C@H]1CNCCN1C1CC1.Cl.Cl. The van der Waals surface area contributed by atoms with Crippen LogP contribution in [-0.4, -0.2) is 36.6 Å². The summed E-state index contributed by atoms with van der Waals surface area (Å²) in [6.07, 6.45) is 2.90. The lowest BCUT2D eigenvalue weighted by molar-refractivity contribution is 0.164. The van der Waals surface area contributed by atoms with Crippen LogP contribution in [0, 0.1) is 0 Å². The molecule has 0 spiro atoms. The monoisotopic (exact) mass is 212 g/mol. The van der Waals surface area contributed by atoms with Gasteiger partial charge in [0.2, 0.25) is 0 Å². The zero-order valence-electron chi connectivity index (χ0n) is 7.45. The average Bonchev–Trinajstić information content (AvgIpc) is 2.71. The van der Waals surface area contributed by atoms with E-state index in [0.29, 0.717) is 0 Å². The van der Waals surface area contributed by atoms with Crippen LogP contribution in [0.25, 0.3) is 0 Å². The van der Waals surface area contributed by atoms with Gasteiger partial charge >= 0.3 is 0 Å². The third-order valence-electron chi connectivity index (χ3n) is 2.57. The number of piperazine rings is 1. The van der Waals surface area contributed by atoms with E-state index in [1.54, 1.807) is 0 Å². The Hall–Kier alpha value is 0.500. The van der Waals surface area contributed by atoms with Gasteiger partial charge in [0.15, 0.2) is 0 Å². The van der Waals surface area contributed by atoms with E-state index in [0.717, 1.165) is 12.1 Å². The lowest BCUT2D eigenvalue weighted by Crippen LogP contribution is -2.50. The summed E-state index contributed by atoms with van der Waals surface area (Å²) in [6, 6.07) is 1.73. The molecule has 2 fully saturated rings. The zero-order valence-corrected chi connectivity index (χ0v) is 9.09. The lowest BCUT2D eigenvalue weighted by atomic mass is 10.2. The van der Waals surface area contributed by atoms with Gasteiger partial charge in [-0.1, -0.05) is 0 Å². The molecule has 1 aliphatic heterocycles. The minimum Gasteiger partial charge on any atom is -0.314 e. The molecule has 0 unspecified atom stereocenters. The maximum atomic E-state index is 3.41. The highest BCUT2D eigenvalue weighted by Crippen LogP contribution is 2.28. The molecule has 1 saturated carbocycles. The first-order valence-electron chi connectivity index (χ1n) is 4.34. The molecule has 1 N–H and O–H groups in total. The van der Waals surface area contributed by atoms with Crippen LogP contribution in [0.5, 0.6) is 0 Å². The highest BCUT2D eigenvalue weighted by molar-refractivity contribution is 5.85. The van der Waals surface area contributed by atoms with E-state index in [1.807, 2.05) is 0 Å². The lowest BCUT2D eigenvalue weighted by Gasteiger charge is -2.33. The van der Waals surface area contributed by atoms with E-state index in [4.69, 9.17) is 0 Å². The van der Waals surface area contributed by atoms with Crippen molar-refractivity contribution in [1.29, 1.82) is 0 Å². The maximum Gasteiger partial charge on any atom is 0.0195 e. The molecule has 0 amide bonds. The zero-order chi connectivity index (χ0) is 6.97. The van der Waals surface area contributed by atoms with Gasteiger partial charge in [0.05, 0.1) is 0 Å². The molecule has 1 aliphatic carbocycles. The summed E-state index contributed by atoms with van der Waals surface area (Å²) in [5.41, 5.74) is 0. The molecule has 0 aromatic heterocycles. The molecule has 0 bridgehead atoms. The van der Waals surface area contributed by atoms with Gasteiger partial charge in [0.25, 0.3) is 0 Å². The van der Waals surface area contributed by atoms with Crippen LogP contribution in [0.3, 0.4) is 0 Å². The van der Waals surface area contributed by atoms with Gasteiger partial charge in [0, 0.05) is 31.7 Å². The Morgan fingerprint density at radius 2 is 1.92 bits per heavy atom. The van der Waals surface area contributed by atoms with Crippen molar-refractivity contribution in [3.8, 4) is 0 Å². The van der Waals surface area contributed by atoms with Gasteiger partial charge in [-0.05, 0) is 19.8 Å². The Balaban J connectivity index is 0.000000605. The topological polar surface area (TPSA) is 15.3 Å². The second kappa shape index (κ2) is 5.28. The molecule has 2 rings (SSSR count). The van der Waals surface area contributed by atoms with Gasteiger partial charge in [-0.2, -0.15) is 0 Å². The second-order valence-corrected chi connectivity index (χ2v) is 3.52. The molecule has 0 aromatic carbocycles. The minimum absolute atomic E-state index is 0. The number of nitrogens with zero attached hydrogens (tertiary/aromatic N) is 1. The first-order valence-corrected chi connectivity index (χ1v) is 4.34. The average molecular weight is 213 g/mol. The fraction of sp³-hybridized carbons (Fsp3) is 1.00. The standard InChI is InChI=1S/C8H16N2.2ClH/c1-7-6-9-4-5-10(7)8-2-3-8;;/h7-9H,2-6H2,1H3;2*1H/t7-;;/m0../s1. The summed E-state index contributed by atoms with van der Waals surface area (Å²) in [6.45, 7) is 5.98. The number of halogens is 2. The third kappa shape index (κ3) is 2.77. The maximum absolute atomic E-state index is 3.41. The molecule has 74 valence electrons. The predicted molar refractivity (Wildman–Crippen MR) is 56.6 cm³/mol. The summed E-state index contributed by atoms with van der Waals surface area (Å²) < 4.78 is 0. The Labute approximate surface area is 86.9 Å². The fourth-order valence-corrected chi connectivity index (χ4v) is 1.81.